The van der Waals surface area contributed by atoms with Gasteiger partial charge in [0.2, 0.25) is 5.91 Å². The second-order valence-electron chi connectivity index (χ2n) is 6.13. The van der Waals surface area contributed by atoms with Gasteiger partial charge in [-0.1, -0.05) is 15.9 Å². The molecule has 2 saturated heterocycles. The van der Waals surface area contributed by atoms with E-state index in [2.05, 4.69) is 15.9 Å². The van der Waals surface area contributed by atoms with Crippen molar-refractivity contribution in [3.05, 3.63) is 27.1 Å². The molecule has 0 radical (unpaired) electrons. The summed E-state index contributed by atoms with van der Waals surface area (Å²) in [6.45, 7) is 3.24. The lowest BCUT2D eigenvalue weighted by atomic mass is 10.1. The van der Waals surface area contributed by atoms with E-state index in [0.717, 1.165) is 29.5 Å². The minimum atomic E-state index is -0.533. The molecule has 0 bridgehead atoms. The minimum Gasteiger partial charge on any atom is -0.504 e. The first-order chi connectivity index (χ1) is 12.9. The van der Waals surface area contributed by atoms with Crippen molar-refractivity contribution < 1.29 is 24.2 Å². The number of carbonyl (C=O) groups is 3. The Labute approximate surface area is 169 Å². The largest absolute Gasteiger partial charge is 0.504 e. The summed E-state index contributed by atoms with van der Waals surface area (Å²) in [7, 11) is 0. The molecule has 0 saturated carbocycles. The van der Waals surface area contributed by atoms with Crippen LogP contribution in [-0.4, -0.2) is 58.2 Å². The molecular weight excluding hydrogens is 436 g/mol. The van der Waals surface area contributed by atoms with Crippen molar-refractivity contribution in [3.8, 4) is 11.5 Å². The van der Waals surface area contributed by atoms with Gasteiger partial charge >= 0.3 is 0 Å². The van der Waals surface area contributed by atoms with Crippen LogP contribution in [0.5, 0.6) is 11.5 Å². The third-order valence-corrected chi connectivity index (χ3v) is 5.65. The average Bonchev–Trinajstić information content (AvgIpc) is 3.24. The Morgan fingerprint density at radius 1 is 1.33 bits per heavy atom. The highest BCUT2D eigenvalue weighted by Gasteiger charge is 2.37. The van der Waals surface area contributed by atoms with Crippen molar-refractivity contribution in [3.63, 3.8) is 0 Å². The molecule has 1 aromatic rings. The fourth-order valence-electron chi connectivity index (χ4n) is 2.95. The molecule has 0 aliphatic carbocycles. The maximum Gasteiger partial charge on any atom is 0.294 e. The number of hydrogen-bond donors (Lipinski definition) is 1. The lowest BCUT2D eigenvalue weighted by Gasteiger charge is -2.18. The first-order valence-corrected chi connectivity index (χ1v) is 10.2. The zero-order valence-corrected chi connectivity index (χ0v) is 17.1. The number of imide groups is 1. The summed E-state index contributed by atoms with van der Waals surface area (Å²) in [5.74, 6) is -0.587. The predicted molar refractivity (Wildman–Crippen MR) is 105 cm³/mol. The van der Waals surface area contributed by atoms with Crippen molar-refractivity contribution >= 4 is 50.8 Å². The summed E-state index contributed by atoms with van der Waals surface area (Å²) in [6, 6.07) is 3.25. The number of thioether (sulfide) groups is 1. The number of likely N-dealkylation sites (tertiary alicyclic amines) is 1. The Kier molecular flexibility index (Phi) is 6.11. The Morgan fingerprint density at radius 2 is 2.04 bits per heavy atom. The highest BCUT2D eigenvalue weighted by atomic mass is 79.9. The van der Waals surface area contributed by atoms with E-state index in [-0.39, 0.29) is 28.9 Å². The van der Waals surface area contributed by atoms with Crippen LogP contribution in [0.1, 0.15) is 25.3 Å². The van der Waals surface area contributed by atoms with Crippen LogP contribution in [0.25, 0.3) is 6.08 Å². The van der Waals surface area contributed by atoms with Crippen LogP contribution in [0.15, 0.2) is 21.5 Å². The van der Waals surface area contributed by atoms with E-state index >= 15 is 0 Å². The molecular formula is C18H19BrN2O5S. The summed E-state index contributed by atoms with van der Waals surface area (Å²) in [4.78, 5) is 39.9. The van der Waals surface area contributed by atoms with E-state index in [1.807, 2.05) is 0 Å². The van der Waals surface area contributed by atoms with Crippen LogP contribution in [0.2, 0.25) is 0 Å². The summed E-state index contributed by atoms with van der Waals surface area (Å²) in [6.07, 6.45) is 3.32. The Hall–Kier alpha value is -2.00. The summed E-state index contributed by atoms with van der Waals surface area (Å²) in [5.41, 5.74) is 0.351. The lowest BCUT2D eigenvalue weighted by Crippen LogP contribution is -2.40. The molecule has 1 N–H and O–H groups in total. The van der Waals surface area contributed by atoms with Gasteiger partial charge in [0.15, 0.2) is 11.5 Å². The van der Waals surface area contributed by atoms with Gasteiger partial charge in [-0.05, 0) is 49.7 Å². The first-order valence-electron chi connectivity index (χ1n) is 8.59. The Balaban J connectivity index is 1.81. The SMILES string of the molecule is CCOc1cc(Br)cc(/C=C2\SC(=O)N(CC(=O)N3CCCC3)C2=O)c1O. The number of phenolic OH excluding ortho intramolecular Hbond substituents is 1. The van der Waals surface area contributed by atoms with Gasteiger partial charge in [0.25, 0.3) is 11.1 Å². The van der Waals surface area contributed by atoms with E-state index in [0.29, 0.717) is 29.7 Å². The maximum atomic E-state index is 12.6. The number of amides is 3. The second kappa shape index (κ2) is 8.35. The zero-order chi connectivity index (χ0) is 19.6. The zero-order valence-electron chi connectivity index (χ0n) is 14.7. The fourth-order valence-corrected chi connectivity index (χ4v) is 4.23. The van der Waals surface area contributed by atoms with E-state index in [4.69, 9.17) is 4.74 Å². The number of rotatable bonds is 5. The van der Waals surface area contributed by atoms with Gasteiger partial charge in [-0.3, -0.25) is 19.3 Å². The van der Waals surface area contributed by atoms with Crippen molar-refractivity contribution in [1.82, 2.24) is 9.80 Å². The summed E-state index contributed by atoms with van der Waals surface area (Å²) < 4.78 is 6.04. The van der Waals surface area contributed by atoms with Gasteiger partial charge in [0, 0.05) is 23.1 Å². The normalized spacial score (nSPS) is 18.7. The van der Waals surface area contributed by atoms with Crippen molar-refractivity contribution in [2.75, 3.05) is 26.2 Å². The third kappa shape index (κ3) is 4.30. The number of phenols is 1. The maximum absolute atomic E-state index is 12.6. The molecule has 2 heterocycles. The molecule has 0 spiro atoms. The quantitative estimate of drug-likeness (QED) is 0.687. The van der Waals surface area contributed by atoms with E-state index in [9.17, 15) is 19.5 Å². The highest BCUT2D eigenvalue weighted by molar-refractivity contribution is 9.10. The number of aromatic hydroxyl groups is 1. The van der Waals surface area contributed by atoms with Gasteiger partial charge in [-0.2, -0.15) is 0 Å². The molecule has 2 aliphatic rings. The fraction of sp³-hybridized carbons (Fsp3) is 0.389. The van der Waals surface area contributed by atoms with Crippen molar-refractivity contribution in [1.29, 1.82) is 0 Å². The number of halogens is 1. The van der Waals surface area contributed by atoms with Gasteiger partial charge < -0.3 is 14.7 Å². The topological polar surface area (TPSA) is 87.2 Å². The highest BCUT2D eigenvalue weighted by Crippen LogP contribution is 2.38. The molecule has 9 heteroatoms. The van der Waals surface area contributed by atoms with Crippen LogP contribution in [0.4, 0.5) is 4.79 Å². The molecule has 0 atom stereocenters. The van der Waals surface area contributed by atoms with Gasteiger partial charge in [-0.25, -0.2) is 0 Å². The molecule has 3 amide bonds. The number of nitrogens with zero attached hydrogens (tertiary/aromatic N) is 2. The summed E-state index contributed by atoms with van der Waals surface area (Å²) in [5, 5.41) is 9.85. The third-order valence-electron chi connectivity index (χ3n) is 4.28. The van der Waals surface area contributed by atoms with Crippen LogP contribution in [0.3, 0.4) is 0 Å². The molecule has 2 fully saturated rings. The molecule has 7 nitrogen and oxygen atoms in total. The Bertz CT molecular complexity index is 820. The number of hydrogen-bond acceptors (Lipinski definition) is 6. The molecule has 2 aliphatic heterocycles. The van der Waals surface area contributed by atoms with E-state index < -0.39 is 11.1 Å². The molecule has 1 aromatic carbocycles. The van der Waals surface area contributed by atoms with Gasteiger partial charge in [0.05, 0.1) is 11.5 Å². The first kappa shape index (κ1) is 19.8. The van der Waals surface area contributed by atoms with Crippen LogP contribution in [0, 0.1) is 0 Å². The molecule has 0 unspecified atom stereocenters. The molecule has 3 rings (SSSR count). The minimum absolute atomic E-state index is 0.111. The Morgan fingerprint density at radius 3 is 2.70 bits per heavy atom. The second-order valence-corrected chi connectivity index (χ2v) is 8.04. The van der Waals surface area contributed by atoms with Crippen LogP contribution < -0.4 is 4.74 Å². The van der Waals surface area contributed by atoms with Crippen LogP contribution in [-0.2, 0) is 9.59 Å². The van der Waals surface area contributed by atoms with Crippen molar-refractivity contribution in [2.24, 2.45) is 0 Å². The lowest BCUT2D eigenvalue weighted by molar-refractivity contribution is -0.135. The van der Waals surface area contributed by atoms with Crippen molar-refractivity contribution in [2.45, 2.75) is 19.8 Å². The smallest absolute Gasteiger partial charge is 0.294 e. The monoisotopic (exact) mass is 454 g/mol. The predicted octanol–water partition coefficient (Wildman–Crippen LogP) is 3.21. The molecule has 144 valence electrons. The van der Waals surface area contributed by atoms with E-state index in [1.54, 1.807) is 24.0 Å². The van der Waals surface area contributed by atoms with Gasteiger partial charge in [0.1, 0.15) is 6.54 Å². The van der Waals surface area contributed by atoms with Gasteiger partial charge in [-0.15, -0.1) is 0 Å². The number of benzene rings is 1. The standard InChI is InChI=1S/C18H19BrN2O5S/c1-2-26-13-9-12(19)7-11(16(13)23)8-14-17(24)21(18(25)27-14)10-15(22)20-5-3-4-6-20/h7-9,23H,2-6,10H2,1H3/b14-8-. The average molecular weight is 455 g/mol. The molecule has 0 aromatic heterocycles. The van der Waals surface area contributed by atoms with Crippen LogP contribution >= 0.6 is 27.7 Å². The number of carbonyl (C=O) groups excluding carboxylic acids is 3. The molecule has 27 heavy (non-hydrogen) atoms. The van der Waals surface area contributed by atoms with E-state index in [1.165, 1.54) is 6.08 Å². The summed E-state index contributed by atoms with van der Waals surface area (Å²) >= 11 is 4.09. The number of ether oxygens (including phenoxy) is 1.